The highest BCUT2D eigenvalue weighted by Gasteiger charge is 2.26. The molecule has 2 amide bonds. The van der Waals surface area contributed by atoms with Gasteiger partial charge < -0.3 is 11.1 Å². The predicted molar refractivity (Wildman–Crippen MR) is 98.2 cm³/mol. The van der Waals surface area contributed by atoms with Gasteiger partial charge >= 0.3 is 0 Å². The van der Waals surface area contributed by atoms with Gasteiger partial charge in [-0.3, -0.25) is 14.4 Å². The molecule has 0 saturated heterocycles. The normalized spacial score (nSPS) is 12.7. The van der Waals surface area contributed by atoms with Crippen LogP contribution in [0.4, 0.5) is 5.00 Å². The third kappa shape index (κ3) is 3.79. The molecular formula is C19H20N2O3S. The number of anilines is 1. The number of carbonyl (C=O) groups excluding carboxylic acids is 3. The predicted octanol–water partition coefficient (Wildman–Crippen LogP) is 3.25. The van der Waals surface area contributed by atoms with Gasteiger partial charge in [-0.05, 0) is 31.7 Å². The molecule has 6 heteroatoms. The summed E-state index contributed by atoms with van der Waals surface area (Å²) in [6, 6.07) is 7.29. The van der Waals surface area contributed by atoms with Crippen LogP contribution in [0.3, 0.4) is 0 Å². The van der Waals surface area contributed by atoms with Crippen molar-refractivity contribution in [2.24, 2.45) is 5.73 Å². The number of benzene rings is 1. The average Bonchev–Trinajstić information content (AvgIpc) is 3.13. The van der Waals surface area contributed by atoms with Crippen molar-refractivity contribution in [1.29, 1.82) is 0 Å². The number of Topliss-reactive ketones (excluding diaryl/α,β-unsaturated/α-hetero) is 1. The van der Waals surface area contributed by atoms with E-state index in [1.165, 1.54) is 11.3 Å². The lowest BCUT2D eigenvalue weighted by molar-refractivity contribution is -0.116. The van der Waals surface area contributed by atoms with Crippen LogP contribution in [0.15, 0.2) is 24.3 Å². The van der Waals surface area contributed by atoms with Crippen LogP contribution in [0.2, 0.25) is 0 Å². The van der Waals surface area contributed by atoms with Crippen LogP contribution < -0.4 is 11.1 Å². The maximum Gasteiger partial charge on any atom is 0.251 e. The topological polar surface area (TPSA) is 89.3 Å². The lowest BCUT2D eigenvalue weighted by Crippen LogP contribution is -2.18. The van der Waals surface area contributed by atoms with Gasteiger partial charge in [0.1, 0.15) is 5.00 Å². The quantitative estimate of drug-likeness (QED) is 0.779. The lowest BCUT2D eigenvalue weighted by Gasteiger charge is -2.06. The maximum absolute atomic E-state index is 12.2. The van der Waals surface area contributed by atoms with E-state index in [9.17, 15) is 14.4 Å². The molecule has 0 atom stereocenters. The summed E-state index contributed by atoms with van der Waals surface area (Å²) in [6.07, 6.45) is 2.97. The number of thiophene rings is 1. The average molecular weight is 356 g/mol. The van der Waals surface area contributed by atoms with Gasteiger partial charge in [-0.25, -0.2) is 0 Å². The van der Waals surface area contributed by atoms with Crippen LogP contribution in [-0.2, 0) is 17.6 Å². The molecule has 5 nitrogen and oxygen atoms in total. The van der Waals surface area contributed by atoms with Crippen LogP contribution in [0.5, 0.6) is 0 Å². The number of amides is 2. The Balaban J connectivity index is 1.63. The third-order valence-electron chi connectivity index (χ3n) is 4.37. The van der Waals surface area contributed by atoms with Crippen molar-refractivity contribution in [3.05, 3.63) is 51.4 Å². The number of fused-ring (bicyclic) bond motifs is 1. The number of aryl methyl sites for hydroxylation is 2. The molecule has 0 spiro atoms. The van der Waals surface area contributed by atoms with Gasteiger partial charge in [-0.2, -0.15) is 0 Å². The Morgan fingerprint density at radius 1 is 1.12 bits per heavy atom. The molecule has 1 aromatic heterocycles. The SMILES string of the molecule is Cc1ccc(C(=O)CCC(=O)Nc2sc3c(c2C(N)=O)CCC3)cc1. The fraction of sp³-hybridized carbons (Fsp3) is 0.316. The van der Waals surface area contributed by atoms with E-state index in [-0.39, 0.29) is 24.5 Å². The minimum absolute atomic E-state index is 0.0704. The van der Waals surface area contributed by atoms with Crippen molar-refractivity contribution in [1.82, 2.24) is 0 Å². The highest BCUT2D eigenvalue weighted by molar-refractivity contribution is 7.17. The largest absolute Gasteiger partial charge is 0.365 e. The number of nitrogens with two attached hydrogens (primary N) is 1. The van der Waals surface area contributed by atoms with E-state index in [0.29, 0.717) is 16.1 Å². The second kappa shape index (κ2) is 7.19. The van der Waals surface area contributed by atoms with Crippen molar-refractivity contribution in [2.45, 2.75) is 39.0 Å². The molecule has 2 aromatic rings. The summed E-state index contributed by atoms with van der Waals surface area (Å²) in [6.45, 7) is 1.95. The summed E-state index contributed by atoms with van der Waals surface area (Å²) in [5, 5.41) is 3.28. The summed E-state index contributed by atoms with van der Waals surface area (Å²) < 4.78 is 0. The zero-order chi connectivity index (χ0) is 18.0. The number of nitrogens with one attached hydrogen (secondary N) is 1. The monoisotopic (exact) mass is 356 g/mol. The first-order valence-corrected chi connectivity index (χ1v) is 9.11. The van der Waals surface area contributed by atoms with Crippen molar-refractivity contribution in [2.75, 3.05) is 5.32 Å². The standard InChI is InChI=1S/C19H20N2O3S/c1-11-5-7-12(8-6-11)14(22)9-10-16(23)21-19-17(18(20)24)13-3-2-4-15(13)25-19/h5-8H,2-4,9-10H2,1H3,(H2,20,24)(H,21,23). The molecule has 0 radical (unpaired) electrons. The van der Waals surface area contributed by atoms with Crippen molar-refractivity contribution < 1.29 is 14.4 Å². The van der Waals surface area contributed by atoms with E-state index < -0.39 is 5.91 Å². The van der Waals surface area contributed by atoms with Crippen LogP contribution in [0.25, 0.3) is 0 Å². The zero-order valence-corrected chi connectivity index (χ0v) is 14.9. The van der Waals surface area contributed by atoms with E-state index in [0.717, 1.165) is 35.3 Å². The summed E-state index contributed by atoms with van der Waals surface area (Å²) >= 11 is 1.42. The van der Waals surface area contributed by atoms with E-state index in [2.05, 4.69) is 5.32 Å². The molecule has 130 valence electrons. The summed E-state index contributed by atoms with van der Waals surface area (Å²) in [5.74, 6) is -0.854. The molecule has 1 aliphatic carbocycles. The molecule has 1 aliphatic rings. The molecule has 0 fully saturated rings. The van der Waals surface area contributed by atoms with Crippen LogP contribution in [-0.4, -0.2) is 17.6 Å². The first-order chi connectivity index (χ1) is 12.0. The van der Waals surface area contributed by atoms with Crippen molar-refractivity contribution >= 4 is 33.9 Å². The van der Waals surface area contributed by atoms with Gasteiger partial charge in [-0.1, -0.05) is 29.8 Å². The molecule has 1 aromatic carbocycles. The number of rotatable bonds is 6. The fourth-order valence-corrected chi connectivity index (χ4v) is 4.36. The summed E-state index contributed by atoms with van der Waals surface area (Å²) in [4.78, 5) is 37.2. The Morgan fingerprint density at radius 3 is 2.52 bits per heavy atom. The molecule has 0 aliphatic heterocycles. The molecule has 3 N–H and O–H groups in total. The first-order valence-electron chi connectivity index (χ1n) is 8.29. The fourth-order valence-electron chi connectivity index (χ4n) is 3.05. The highest BCUT2D eigenvalue weighted by atomic mass is 32.1. The number of hydrogen-bond donors (Lipinski definition) is 2. The Hall–Kier alpha value is -2.47. The molecule has 0 bridgehead atoms. The van der Waals surface area contributed by atoms with E-state index in [1.54, 1.807) is 12.1 Å². The highest BCUT2D eigenvalue weighted by Crippen LogP contribution is 2.38. The molecule has 0 unspecified atom stereocenters. The van der Waals surface area contributed by atoms with Gasteiger partial charge in [0.25, 0.3) is 5.91 Å². The zero-order valence-electron chi connectivity index (χ0n) is 14.1. The molecule has 25 heavy (non-hydrogen) atoms. The second-order valence-electron chi connectivity index (χ2n) is 6.26. The number of hydrogen-bond acceptors (Lipinski definition) is 4. The van der Waals surface area contributed by atoms with Crippen molar-refractivity contribution in [3.8, 4) is 0 Å². The number of ketones is 1. The van der Waals surface area contributed by atoms with Gasteiger partial charge in [0.2, 0.25) is 5.91 Å². The van der Waals surface area contributed by atoms with Gasteiger partial charge in [0.05, 0.1) is 5.56 Å². The van der Waals surface area contributed by atoms with Gasteiger partial charge in [-0.15, -0.1) is 11.3 Å². The first kappa shape index (κ1) is 17.4. The van der Waals surface area contributed by atoms with Crippen LogP contribution in [0, 0.1) is 6.92 Å². The molecule has 0 saturated carbocycles. The Bertz CT molecular complexity index is 837. The Morgan fingerprint density at radius 2 is 1.84 bits per heavy atom. The van der Waals surface area contributed by atoms with Gasteiger partial charge in [0.15, 0.2) is 5.78 Å². The second-order valence-corrected chi connectivity index (χ2v) is 7.37. The third-order valence-corrected chi connectivity index (χ3v) is 5.58. The number of primary amides is 1. The minimum Gasteiger partial charge on any atom is -0.365 e. The molecule has 1 heterocycles. The Kier molecular flexibility index (Phi) is 4.99. The number of carbonyl (C=O) groups is 3. The molecular weight excluding hydrogens is 336 g/mol. The van der Waals surface area contributed by atoms with E-state index >= 15 is 0 Å². The van der Waals surface area contributed by atoms with Crippen LogP contribution >= 0.6 is 11.3 Å². The van der Waals surface area contributed by atoms with E-state index in [4.69, 9.17) is 5.73 Å². The van der Waals surface area contributed by atoms with E-state index in [1.807, 2.05) is 19.1 Å². The molecule has 3 rings (SSSR count). The van der Waals surface area contributed by atoms with Crippen LogP contribution in [0.1, 0.15) is 56.0 Å². The summed E-state index contributed by atoms with van der Waals surface area (Å²) in [7, 11) is 0. The smallest absolute Gasteiger partial charge is 0.251 e. The maximum atomic E-state index is 12.2. The lowest BCUT2D eigenvalue weighted by atomic mass is 10.0. The Labute approximate surface area is 150 Å². The minimum atomic E-state index is -0.509. The van der Waals surface area contributed by atoms with Gasteiger partial charge in [0, 0.05) is 23.3 Å². The van der Waals surface area contributed by atoms with Crippen molar-refractivity contribution in [3.63, 3.8) is 0 Å². The summed E-state index contributed by atoms with van der Waals surface area (Å²) in [5.41, 5.74) is 8.58.